The summed E-state index contributed by atoms with van der Waals surface area (Å²) in [4.78, 5) is 4.19. The van der Waals surface area contributed by atoms with Gasteiger partial charge in [-0.3, -0.25) is 0 Å². The van der Waals surface area contributed by atoms with Gasteiger partial charge in [-0.15, -0.1) is 0 Å². The van der Waals surface area contributed by atoms with Crippen LogP contribution in [0.5, 0.6) is 11.6 Å². The molecular weight excluding hydrogens is 280 g/mol. The number of pyridine rings is 1. The van der Waals surface area contributed by atoms with Crippen molar-refractivity contribution in [2.24, 2.45) is 5.73 Å². The third-order valence-corrected chi connectivity index (χ3v) is 3.36. The number of rotatable bonds is 3. The van der Waals surface area contributed by atoms with E-state index in [1.807, 2.05) is 37.3 Å². The predicted molar refractivity (Wildman–Crippen MR) is 71.1 cm³/mol. The van der Waals surface area contributed by atoms with E-state index in [1.54, 1.807) is 6.20 Å². The number of halogens is 1. The fraction of sp³-hybridized carbons (Fsp3) is 0.154. The van der Waals surface area contributed by atoms with Gasteiger partial charge in [0, 0.05) is 12.7 Å². The Hall–Kier alpha value is -1.39. The molecule has 0 fully saturated rings. The Morgan fingerprint density at radius 2 is 2.18 bits per heavy atom. The zero-order valence-corrected chi connectivity index (χ0v) is 11.1. The van der Waals surface area contributed by atoms with Crippen molar-refractivity contribution in [2.75, 3.05) is 0 Å². The first kappa shape index (κ1) is 12.1. The molecule has 88 valence electrons. The van der Waals surface area contributed by atoms with Gasteiger partial charge in [-0.2, -0.15) is 0 Å². The first-order chi connectivity index (χ1) is 8.20. The van der Waals surface area contributed by atoms with Gasteiger partial charge in [0.25, 0.3) is 0 Å². The molecule has 0 saturated carbocycles. The SMILES string of the molecule is Cc1ccnc(Oc2cccc(CN)c2)c1Br. The molecule has 0 spiro atoms. The number of nitrogens with zero attached hydrogens (tertiary/aromatic N) is 1. The van der Waals surface area contributed by atoms with Gasteiger partial charge in [0.15, 0.2) is 0 Å². The summed E-state index contributed by atoms with van der Waals surface area (Å²) in [5.74, 6) is 1.31. The van der Waals surface area contributed by atoms with E-state index in [2.05, 4.69) is 20.9 Å². The molecule has 0 atom stereocenters. The van der Waals surface area contributed by atoms with Crippen LogP contribution in [0.15, 0.2) is 41.0 Å². The minimum atomic E-state index is 0.500. The molecule has 4 heteroatoms. The lowest BCUT2D eigenvalue weighted by Crippen LogP contribution is -1.96. The lowest BCUT2D eigenvalue weighted by molar-refractivity contribution is 0.458. The van der Waals surface area contributed by atoms with E-state index in [1.165, 1.54) is 0 Å². The highest BCUT2D eigenvalue weighted by Crippen LogP contribution is 2.29. The molecule has 2 N–H and O–H groups in total. The highest BCUT2D eigenvalue weighted by Gasteiger charge is 2.06. The second-order valence-corrected chi connectivity index (χ2v) is 4.49. The average molecular weight is 293 g/mol. The van der Waals surface area contributed by atoms with Crippen molar-refractivity contribution < 1.29 is 4.74 Å². The van der Waals surface area contributed by atoms with Crippen molar-refractivity contribution in [3.8, 4) is 11.6 Å². The second kappa shape index (κ2) is 5.29. The molecule has 17 heavy (non-hydrogen) atoms. The van der Waals surface area contributed by atoms with Crippen molar-refractivity contribution in [1.82, 2.24) is 4.98 Å². The van der Waals surface area contributed by atoms with Crippen LogP contribution in [0, 0.1) is 6.92 Å². The van der Waals surface area contributed by atoms with Gasteiger partial charge in [-0.05, 0) is 52.2 Å². The topological polar surface area (TPSA) is 48.1 Å². The largest absolute Gasteiger partial charge is 0.438 e. The van der Waals surface area contributed by atoms with Crippen LogP contribution in [0.25, 0.3) is 0 Å². The van der Waals surface area contributed by atoms with Crippen LogP contribution in [-0.2, 0) is 6.54 Å². The fourth-order valence-electron chi connectivity index (χ4n) is 1.43. The molecule has 1 aromatic heterocycles. The Kier molecular flexibility index (Phi) is 3.76. The van der Waals surface area contributed by atoms with Crippen LogP contribution in [-0.4, -0.2) is 4.98 Å². The molecule has 0 radical (unpaired) electrons. The second-order valence-electron chi connectivity index (χ2n) is 3.70. The smallest absolute Gasteiger partial charge is 0.233 e. The molecule has 0 saturated heterocycles. The molecule has 2 rings (SSSR count). The molecule has 2 aromatic rings. The summed E-state index contributed by atoms with van der Waals surface area (Å²) >= 11 is 3.46. The van der Waals surface area contributed by atoms with Gasteiger partial charge < -0.3 is 10.5 Å². The van der Waals surface area contributed by atoms with E-state index in [0.29, 0.717) is 12.4 Å². The quantitative estimate of drug-likeness (QED) is 0.943. The van der Waals surface area contributed by atoms with Gasteiger partial charge >= 0.3 is 0 Å². The van der Waals surface area contributed by atoms with Crippen LogP contribution in [0.4, 0.5) is 0 Å². The number of aryl methyl sites for hydroxylation is 1. The summed E-state index contributed by atoms with van der Waals surface area (Å²) < 4.78 is 6.59. The highest BCUT2D eigenvalue weighted by molar-refractivity contribution is 9.10. The van der Waals surface area contributed by atoms with Crippen LogP contribution in [0.3, 0.4) is 0 Å². The molecular formula is C13H13BrN2O. The molecule has 0 bridgehead atoms. The standard InChI is InChI=1S/C13H13BrN2O/c1-9-5-6-16-13(12(9)14)17-11-4-2-3-10(7-11)8-15/h2-7H,8,15H2,1H3. The Bertz CT molecular complexity index is 529. The maximum absolute atomic E-state index is 5.72. The van der Waals surface area contributed by atoms with Gasteiger partial charge in [0.1, 0.15) is 5.75 Å². The molecule has 0 aliphatic rings. The molecule has 0 aliphatic heterocycles. The molecule has 1 aromatic carbocycles. The third kappa shape index (κ3) is 2.84. The summed E-state index contributed by atoms with van der Waals surface area (Å²) in [7, 11) is 0. The van der Waals surface area contributed by atoms with Crippen molar-refractivity contribution in [3.63, 3.8) is 0 Å². The van der Waals surface area contributed by atoms with E-state index in [9.17, 15) is 0 Å². The zero-order valence-electron chi connectivity index (χ0n) is 9.48. The first-order valence-electron chi connectivity index (χ1n) is 5.28. The molecule has 0 aliphatic carbocycles. The Labute approximate surface area is 109 Å². The Morgan fingerprint density at radius 3 is 2.94 bits per heavy atom. The fourth-order valence-corrected chi connectivity index (χ4v) is 1.75. The Balaban J connectivity index is 2.28. The van der Waals surface area contributed by atoms with Gasteiger partial charge in [0.2, 0.25) is 5.88 Å². The van der Waals surface area contributed by atoms with Crippen LogP contribution in [0.2, 0.25) is 0 Å². The van der Waals surface area contributed by atoms with Crippen molar-refractivity contribution >= 4 is 15.9 Å². The first-order valence-corrected chi connectivity index (χ1v) is 6.08. The van der Waals surface area contributed by atoms with Crippen LogP contribution in [0.1, 0.15) is 11.1 Å². The van der Waals surface area contributed by atoms with Crippen molar-refractivity contribution in [1.29, 1.82) is 0 Å². The van der Waals surface area contributed by atoms with Crippen molar-refractivity contribution in [3.05, 3.63) is 52.1 Å². The van der Waals surface area contributed by atoms with Crippen molar-refractivity contribution in [2.45, 2.75) is 13.5 Å². The number of hydrogen-bond donors (Lipinski definition) is 1. The Morgan fingerprint density at radius 1 is 1.35 bits per heavy atom. The number of aromatic nitrogens is 1. The van der Waals surface area contributed by atoms with Crippen LogP contribution >= 0.6 is 15.9 Å². The van der Waals surface area contributed by atoms with E-state index in [0.717, 1.165) is 21.3 Å². The molecule has 3 nitrogen and oxygen atoms in total. The molecule has 0 unspecified atom stereocenters. The maximum atomic E-state index is 5.72. The minimum Gasteiger partial charge on any atom is -0.438 e. The van der Waals surface area contributed by atoms with Gasteiger partial charge in [0.05, 0.1) is 4.47 Å². The number of ether oxygens (including phenoxy) is 1. The number of benzene rings is 1. The summed E-state index contributed by atoms with van der Waals surface area (Å²) in [6.07, 6.45) is 1.72. The van der Waals surface area contributed by atoms with E-state index < -0.39 is 0 Å². The van der Waals surface area contributed by atoms with Gasteiger partial charge in [-0.25, -0.2) is 4.98 Å². The minimum absolute atomic E-state index is 0.500. The van der Waals surface area contributed by atoms with Gasteiger partial charge in [-0.1, -0.05) is 12.1 Å². The monoisotopic (exact) mass is 292 g/mol. The van der Waals surface area contributed by atoms with Crippen LogP contribution < -0.4 is 10.5 Å². The lowest BCUT2D eigenvalue weighted by atomic mass is 10.2. The number of nitrogens with two attached hydrogens (primary N) is 1. The number of hydrogen-bond acceptors (Lipinski definition) is 3. The third-order valence-electron chi connectivity index (χ3n) is 2.40. The van der Waals surface area contributed by atoms with E-state index in [4.69, 9.17) is 10.5 Å². The summed E-state index contributed by atoms with van der Waals surface area (Å²) in [5, 5.41) is 0. The maximum Gasteiger partial charge on any atom is 0.233 e. The van der Waals surface area contributed by atoms with E-state index in [-0.39, 0.29) is 0 Å². The lowest BCUT2D eigenvalue weighted by Gasteiger charge is -2.08. The summed E-state index contributed by atoms with van der Waals surface area (Å²) in [6.45, 7) is 2.49. The predicted octanol–water partition coefficient (Wildman–Crippen LogP) is 3.40. The normalized spacial score (nSPS) is 10.3. The summed E-state index contributed by atoms with van der Waals surface area (Å²) in [5.41, 5.74) is 7.71. The van der Waals surface area contributed by atoms with E-state index >= 15 is 0 Å². The average Bonchev–Trinajstić information content (AvgIpc) is 2.35. The molecule has 1 heterocycles. The molecule has 0 amide bonds. The zero-order chi connectivity index (χ0) is 12.3. The summed E-state index contributed by atoms with van der Waals surface area (Å²) in [6, 6.07) is 9.60. The highest BCUT2D eigenvalue weighted by atomic mass is 79.9.